The summed E-state index contributed by atoms with van der Waals surface area (Å²) in [5.74, 6) is -0.473. The molecule has 0 bridgehead atoms. The van der Waals surface area contributed by atoms with Gasteiger partial charge in [0, 0.05) is 18.5 Å². The van der Waals surface area contributed by atoms with Gasteiger partial charge in [0.1, 0.15) is 12.1 Å². The third-order valence-corrected chi connectivity index (χ3v) is 3.36. The SMILES string of the molecule is O=C(CCc1ccc(F)c(Cl)c1)NCCCc1cnoc1. The van der Waals surface area contributed by atoms with Crippen LogP contribution in [0.15, 0.2) is 35.2 Å². The van der Waals surface area contributed by atoms with Gasteiger partial charge in [0.25, 0.3) is 0 Å². The maximum absolute atomic E-state index is 13.0. The van der Waals surface area contributed by atoms with Crippen LogP contribution in [-0.4, -0.2) is 17.6 Å². The van der Waals surface area contributed by atoms with Crippen LogP contribution in [0.4, 0.5) is 4.39 Å². The summed E-state index contributed by atoms with van der Waals surface area (Å²) in [7, 11) is 0. The number of aryl methyl sites for hydroxylation is 2. The Kier molecular flexibility index (Phi) is 5.75. The van der Waals surface area contributed by atoms with Crippen LogP contribution in [0, 0.1) is 5.82 Å². The van der Waals surface area contributed by atoms with Gasteiger partial charge < -0.3 is 9.84 Å². The highest BCUT2D eigenvalue weighted by atomic mass is 35.5. The smallest absolute Gasteiger partial charge is 0.220 e. The van der Waals surface area contributed by atoms with Crippen molar-refractivity contribution in [3.05, 3.63) is 52.6 Å². The van der Waals surface area contributed by atoms with Crippen LogP contribution in [0.25, 0.3) is 0 Å². The molecule has 0 atom stereocenters. The molecule has 0 saturated carbocycles. The van der Waals surface area contributed by atoms with Crippen LogP contribution in [0.1, 0.15) is 24.0 Å². The lowest BCUT2D eigenvalue weighted by Gasteiger charge is -2.05. The van der Waals surface area contributed by atoms with Crippen molar-refractivity contribution in [1.29, 1.82) is 0 Å². The molecule has 2 rings (SSSR count). The molecule has 6 heteroatoms. The van der Waals surface area contributed by atoms with Crippen molar-refractivity contribution in [1.82, 2.24) is 10.5 Å². The van der Waals surface area contributed by atoms with E-state index in [0.29, 0.717) is 19.4 Å². The molecule has 1 amide bonds. The minimum Gasteiger partial charge on any atom is -0.364 e. The Morgan fingerprint density at radius 3 is 2.90 bits per heavy atom. The van der Waals surface area contributed by atoms with E-state index in [9.17, 15) is 9.18 Å². The molecule has 0 spiro atoms. The molecule has 0 aliphatic heterocycles. The van der Waals surface area contributed by atoms with Crippen molar-refractivity contribution in [3.63, 3.8) is 0 Å². The molecule has 1 heterocycles. The lowest BCUT2D eigenvalue weighted by Crippen LogP contribution is -2.24. The zero-order valence-corrected chi connectivity index (χ0v) is 12.2. The number of hydrogen-bond donors (Lipinski definition) is 1. The second kappa shape index (κ2) is 7.78. The molecule has 0 aliphatic carbocycles. The van der Waals surface area contributed by atoms with Crippen molar-refractivity contribution in [2.45, 2.75) is 25.7 Å². The quantitative estimate of drug-likeness (QED) is 0.799. The van der Waals surface area contributed by atoms with Crippen LogP contribution in [0.3, 0.4) is 0 Å². The van der Waals surface area contributed by atoms with Crippen LogP contribution in [-0.2, 0) is 17.6 Å². The number of benzene rings is 1. The average Bonchev–Trinajstić information content (AvgIpc) is 2.98. The predicted molar refractivity (Wildman–Crippen MR) is 77.6 cm³/mol. The van der Waals surface area contributed by atoms with Gasteiger partial charge in [-0.05, 0) is 37.0 Å². The van der Waals surface area contributed by atoms with Gasteiger partial charge in [-0.3, -0.25) is 4.79 Å². The van der Waals surface area contributed by atoms with Crippen molar-refractivity contribution in [2.24, 2.45) is 0 Å². The lowest BCUT2D eigenvalue weighted by atomic mass is 10.1. The molecule has 0 fully saturated rings. The van der Waals surface area contributed by atoms with Crippen molar-refractivity contribution < 1.29 is 13.7 Å². The Balaban J connectivity index is 1.64. The Hall–Kier alpha value is -1.88. The van der Waals surface area contributed by atoms with Gasteiger partial charge in [0.05, 0.1) is 11.2 Å². The van der Waals surface area contributed by atoms with Gasteiger partial charge in [0.2, 0.25) is 5.91 Å². The molecular formula is C15H16ClFN2O2. The van der Waals surface area contributed by atoms with E-state index >= 15 is 0 Å². The van der Waals surface area contributed by atoms with Crippen molar-refractivity contribution >= 4 is 17.5 Å². The number of aromatic nitrogens is 1. The highest BCUT2D eigenvalue weighted by Gasteiger charge is 2.05. The molecule has 0 aliphatic rings. The summed E-state index contributed by atoms with van der Waals surface area (Å²) >= 11 is 5.69. The summed E-state index contributed by atoms with van der Waals surface area (Å²) < 4.78 is 17.7. The summed E-state index contributed by atoms with van der Waals surface area (Å²) in [6.07, 6.45) is 5.81. The third-order valence-electron chi connectivity index (χ3n) is 3.07. The molecule has 112 valence electrons. The largest absolute Gasteiger partial charge is 0.364 e. The Morgan fingerprint density at radius 1 is 1.33 bits per heavy atom. The number of hydrogen-bond acceptors (Lipinski definition) is 3. The number of rotatable bonds is 7. The van der Waals surface area contributed by atoms with E-state index in [4.69, 9.17) is 16.1 Å². The van der Waals surface area contributed by atoms with Crippen molar-refractivity contribution in [3.8, 4) is 0 Å². The van der Waals surface area contributed by atoms with Crippen LogP contribution >= 0.6 is 11.6 Å². The van der Waals surface area contributed by atoms with Gasteiger partial charge in [0.15, 0.2) is 0 Å². The monoisotopic (exact) mass is 310 g/mol. The van der Waals surface area contributed by atoms with E-state index in [1.54, 1.807) is 24.6 Å². The van der Waals surface area contributed by atoms with Crippen LogP contribution in [0.2, 0.25) is 5.02 Å². The molecule has 0 radical (unpaired) electrons. The second-order valence-corrected chi connectivity index (χ2v) is 5.14. The number of carbonyl (C=O) groups excluding carboxylic acids is 1. The van der Waals surface area contributed by atoms with E-state index < -0.39 is 5.82 Å². The zero-order chi connectivity index (χ0) is 15.1. The number of nitrogens with one attached hydrogen (secondary N) is 1. The van der Waals surface area contributed by atoms with E-state index in [2.05, 4.69) is 10.5 Å². The van der Waals surface area contributed by atoms with Crippen LogP contribution in [0.5, 0.6) is 0 Å². The fourth-order valence-electron chi connectivity index (χ4n) is 1.91. The number of amides is 1. The Labute approximate surface area is 127 Å². The molecule has 1 aromatic heterocycles. The summed E-state index contributed by atoms with van der Waals surface area (Å²) in [5, 5.41) is 6.54. The van der Waals surface area contributed by atoms with Gasteiger partial charge >= 0.3 is 0 Å². The van der Waals surface area contributed by atoms with Gasteiger partial charge in [-0.1, -0.05) is 22.8 Å². The Bertz CT molecular complexity index is 587. The normalized spacial score (nSPS) is 10.6. The summed E-state index contributed by atoms with van der Waals surface area (Å²) in [6.45, 7) is 0.605. The summed E-state index contributed by atoms with van der Waals surface area (Å²) in [4.78, 5) is 11.7. The summed E-state index contributed by atoms with van der Waals surface area (Å²) in [5.41, 5.74) is 1.87. The average molecular weight is 311 g/mol. The lowest BCUT2D eigenvalue weighted by molar-refractivity contribution is -0.121. The molecule has 1 N–H and O–H groups in total. The van der Waals surface area contributed by atoms with Crippen LogP contribution < -0.4 is 5.32 Å². The topological polar surface area (TPSA) is 55.1 Å². The first kappa shape index (κ1) is 15.5. The fraction of sp³-hybridized carbons (Fsp3) is 0.333. The Morgan fingerprint density at radius 2 is 2.19 bits per heavy atom. The van der Waals surface area contributed by atoms with E-state index in [1.165, 1.54) is 6.07 Å². The highest BCUT2D eigenvalue weighted by molar-refractivity contribution is 6.30. The van der Waals surface area contributed by atoms with E-state index in [1.807, 2.05) is 0 Å². The zero-order valence-electron chi connectivity index (χ0n) is 11.4. The maximum atomic E-state index is 13.0. The molecule has 2 aromatic rings. The van der Waals surface area contributed by atoms with E-state index in [0.717, 1.165) is 24.0 Å². The molecular weight excluding hydrogens is 295 g/mol. The summed E-state index contributed by atoms with van der Waals surface area (Å²) in [6, 6.07) is 4.50. The second-order valence-electron chi connectivity index (χ2n) is 4.73. The first-order valence-electron chi connectivity index (χ1n) is 6.74. The standard InChI is InChI=1S/C15H16ClFN2O2/c16-13-8-11(3-5-14(13)17)4-6-15(20)18-7-1-2-12-9-19-21-10-12/h3,5,8-10H,1-2,4,6-7H2,(H,18,20). The van der Waals surface area contributed by atoms with E-state index in [-0.39, 0.29) is 10.9 Å². The molecule has 21 heavy (non-hydrogen) atoms. The highest BCUT2D eigenvalue weighted by Crippen LogP contribution is 2.16. The van der Waals surface area contributed by atoms with Gasteiger partial charge in [-0.15, -0.1) is 0 Å². The number of halogens is 2. The first-order chi connectivity index (χ1) is 10.1. The van der Waals surface area contributed by atoms with Gasteiger partial charge in [-0.2, -0.15) is 0 Å². The minimum atomic E-state index is -0.446. The van der Waals surface area contributed by atoms with Crippen molar-refractivity contribution in [2.75, 3.05) is 6.54 Å². The minimum absolute atomic E-state index is 0.0271. The molecule has 4 nitrogen and oxygen atoms in total. The maximum Gasteiger partial charge on any atom is 0.220 e. The fourth-order valence-corrected chi connectivity index (χ4v) is 2.12. The number of nitrogens with zero attached hydrogens (tertiary/aromatic N) is 1. The van der Waals surface area contributed by atoms with Gasteiger partial charge in [-0.25, -0.2) is 4.39 Å². The number of carbonyl (C=O) groups is 1. The predicted octanol–water partition coefficient (Wildman–Crippen LogP) is 3.15. The molecule has 0 saturated heterocycles. The molecule has 0 unspecified atom stereocenters. The third kappa shape index (κ3) is 5.19. The molecule has 1 aromatic carbocycles. The first-order valence-corrected chi connectivity index (χ1v) is 7.12.